The van der Waals surface area contributed by atoms with E-state index < -0.39 is 11.9 Å². The topological polar surface area (TPSA) is 99.5 Å². The van der Waals surface area contributed by atoms with Gasteiger partial charge in [-0.05, 0) is 6.92 Å². The molecular formula is C13H21N5O3. The minimum absolute atomic E-state index is 0.155. The van der Waals surface area contributed by atoms with Gasteiger partial charge in [0.1, 0.15) is 0 Å². The van der Waals surface area contributed by atoms with E-state index in [1.165, 1.54) is 0 Å². The Balaban J connectivity index is 1.92. The number of carboxylic acids is 1. The summed E-state index contributed by atoms with van der Waals surface area (Å²) in [5, 5.41) is 19.2. The van der Waals surface area contributed by atoms with Gasteiger partial charge in [-0.1, -0.05) is 0 Å². The molecule has 0 unspecified atom stereocenters. The number of carboxylic acid groups (broad SMARTS) is 1. The molecule has 1 fully saturated rings. The largest absolute Gasteiger partial charge is 0.481 e. The molecule has 116 valence electrons. The number of nitrogens with zero attached hydrogens (tertiary/aromatic N) is 3. The van der Waals surface area contributed by atoms with Crippen molar-refractivity contribution in [1.29, 1.82) is 0 Å². The maximum absolute atomic E-state index is 12.1. The van der Waals surface area contributed by atoms with Crippen LogP contribution in [0, 0.1) is 12.8 Å². The zero-order valence-electron chi connectivity index (χ0n) is 12.3. The molecule has 1 atom stereocenters. The lowest BCUT2D eigenvalue weighted by Crippen LogP contribution is -2.38. The number of nitrogens with one attached hydrogen (secondary N) is 2. The predicted octanol–water partition coefficient (Wildman–Crippen LogP) is -0.727. The van der Waals surface area contributed by atoms with Crippen LogP contribution in [0.4, 0.5) is 5.69 Å². The molecule has 8 nitrogen and oxygen atoms in total. The van der Waals surface area contributed by atoms with E-state index in [1.54, 1.807) is 17.9 Å². The first-order valence-electron chi connectivity index (χ1n) is 6.91. The van der Waals surface area contributed by atoms with Crippen LogP contribution in [-0.4, -0.2) is 64.4 Å². The van der Waals surface area contributed by atoms with E-state index in [0.717, 1.165) is 5.69 Å². The zero-order chi connectivity index (χ0) is 15.4. The Bertz CT molecular complexity index is 528. The molecule has 0 saturated carbocycles. The van der Waals surface area contributed by atoms with Gasteiger partial charge in [0.25, 0.3) is 0 Å². The quantitative estimate of drug-likeness (QED) is 0.677. The zero-order valence-corrected chi connectivity index (χ0v) is 12.3. The van der Waals surface area contributed by atoms with Crippen molar-refractivity contribution in [3.05, 3.63) is 11.9 Å². The summed E-state index contributed by atoms with van der Waals surface area (Å²) in [4.78, 5) is 25.0. The Labute approximate surface area is 123 Å². The lowest BCUT2D eigenvalue weighted by Gasteiger charge is -2.21. The summed E-state index contributed by atoms with van der Waals surface area (Å²) < 4.78 is 1.64. The van der Waals surface area contributed by atoms with E-state index in [1.807, 2.05) is 11.8 Å². The van der Waals surface area contributed by atoms with E-state index in [-0.39, 0.29) is 12.5 Å². The van der Waals surface area contributed by atoms with Crippen molar-refractivity contribution >= 4 is 17.6 Å². The minimum atomic E-state index is -0.835. The Morgan fingerprint density at radius 3 is 2.95 bits per heavy atom. The van der Waals surface area contributed by atoms with E-state index in [4.69, 9.17) is 5.11 Å². The number of rotatable bonds is 4. The highest BCUT2D eigenvalue weighted by molar-refractivity contribution is 5.92. The van der Waals surface area contributed by atoms with Crippen molar-refractivity contribution < 1.29 is 14.7 Å². The van der Waals surface area contributed by atoms with Gasteiger partial charge in [0, 0.05) is 39.4 Å². The monoisotopic (exact) mass is 295 g/mol. The number of carbonyl (C=O) groups is 2. The molecular weight excluding hydrogens is 274 g/mol. The maximum Gasteiger partial charge on any atom is 0.309 e. The van der Waals surface area contributed by atoms with Crippen molar-refractivity contribution in [3.63, 3.8) is 0 Å². The van der Waals surface area contributed by atoms with Crippen LogP contribution >= 0.6 is 0 Å². The van der Waals surface area contributed by atoms with Gasteiger partial charge in [-0.2, -0.15) is 5.10 Å². The van der Waals surface area contributed by atoms with E-state index in [9.17, 15) is 9.59 Å². The number of hydrogen-bond donors (Lipinski definition) is 3. The molecule has 8 heteroatoms. The van der Waals surface area contributed by atoms with Gasteiger partial charge in [0.15, 0.2) is 0 Å². The molecule has 2 rings (SSSR count). The third-order valence-electron chi connectivity index (χ3n) is 3.48. The summed E-state index contributed by atoms with van der Waals surface area (Å²) >= 11 is 0. The Morgan fingerprint density at radius 1 is 1.57 bits per heavy atom. The fourth-order valence-electron chi connectivity index (χ4n) is 2.41. The van der Waals surface area contributed by atoms with Crippen LogP contribution in [0.2, 0.25) is 0 Å². The van der Waals surface area contributed by atoms with Gasteiger partial charge < -0.3 is 15.7 Å². The first-order valence-corrected chi connectivity index (χ1v) is 6.91. The molecule has 1 amide bonds. The van der Waals surface area contributed by atoms with Gasteiger partial charge in [0.05, 0.1) is 23.8 Å². The summed E-state index contributed by atoms with van der Waals surface area (Å²) in [5.41, 5.74) is 1.44. The number of carbonyl (C=O) groups excluding carboxylic acids is 1. The van der Waals surface area contributed by atoms with Crippen LogP contribution in [0.15, 0.2) is 6.20 Å². The molecule has 0 aromatic carbocycles. The van der Waals surface area contributed by atoms with Gasteiger partial charge in [-0.3, -0.25) is 19.2 Å². The van der Waals surface area contributed by atoms with Crippen molar-refractivity contribution in [3.8, 4) is 0 Å². The summed E-state index contributed by atoms with van der Waals surface area (Å²) in [5.74, 6) is -1.48. The van der Waals surface area contributed by atoms with E-state index in [0.29, 0.717) is 31.9 Å². The second kappa shape index (κ2) is 6.68. The fourth-order valence-corrected chi connectivity index (χ4v) is 2.41. The van der Waals surface area contributed by atoms with Crippen LogP contribution in [0.5, 0.6) is 0 Å². The minimum Gasteiger partial charge on any atom is -0.481 e. The van der Waals surface area contributed by atoms with Crippen LogP contribution < -0.4 is 10.6 Å². The summed E-state index contributed by atoms with van der Waals surface area (Å²) in [6.45, 7) is 4.16. The second-order valence-corrected chi connectivity index (χ2v) is 5.32. The second-order valence-electron chi connectivity index (χ2n) is 5.32. The molecule has 1 aliphatic heterocycles. The first-order chi connectivity index (χ1) is 9.95. The fraction of sp³-hybridized carbons (Fsp3) is 0.615. The average molecular weight is 295 g/mol. The Morgan fingerprint density at radius 2 is 2.33 bits per heavy atom. The third-order valence-corrected chi connectivity index (χ3v) is 3.48. The highest BCUT2D eigenvalue weighted by atomic mass is 16.4. The third kappa shape index (κ3) is 4.27. The van der Waals surface area contributed by atoms with Crippen molar-refractivity contribution in [2.45, 2.75) is 6.92 Å². The smallest absolute Gasteiger partial charge is 0.309 e. The standard InChI is InChI=1S/C13H21N5O3/c1-9-11(7-17(2)16-9)15-12(19)8-18-4-3-14-5-10(6-18)13(20)21/h7,10,14H,3-6,8H2,1-2H3,(H,15,19)(H,20,21)/t10-/m1/s1. The predicted molar refractivity (Wildman–Crippen MR) is 77.0 cm³/mol. The number of aryl methyl sites for hydroxylation is 2. The number of hydrogen-bond acceptors (Lipinski definition) is 5. The molecule has 0 aliphatic carbocycles. The number of aromatic nitrogens is 2. The van der Waals surface area contributed by atoms with Crippen molar-refractivity contribution in [2.75, 3.05) is 38.0 Å². The number of aliphatic carboxylic acids is 1. The summed E-state index contributed by atoms with van der Waals surface area (Å²) in [7, 11) is 1.79. The molecule has 21 heavy (non-hydrogen) atoms. The first kappa shape index (κ1) is 15.5. The number of amides is 1. The molecule has 0 bridgehead atoms. The molecule has 1 aromatic heterocycles. The molecule has 2 heterocycles. The van der Waals surface area contributed by atoms with Crippen LogP contribution in [0.1, 0.15) is 5.69 Å². The van der Waals surface area contributed by atoms with Crippen molar-refractivity contribution in [2.24, 2.45) is 13.0 Å². The Kier molecular flexibility index (Phi) is 4.92. The van der Waals surface area contributed by atoms with Crippen LogP contribution in [0.25, 0.3) is 0 Å². The molecule has 0 spiro atoms. The van der Waals surface area contributed by atoms with E-state index in [2.05, 4.69) is 15.7 Å². The van der Waals surface area contributed by atoms with Gasteiger partial charge in [0.2, 0.25) is 5.91 Å². The summed E-state index contributed by atoms with van der Waals surface area (Å²) in [6.07, 6.45) is 1.75. The molecule has 1 aliphatic rings. The SMILES string of the molecule is Cc1nn(C)cc1NC(=O)CN1CCNC[C@@H](C(=O)O)C1. The lowest BCUT2D eigenvalue weighted by atomic mass is 10.1. The molecule has 0 radical (unpaired) electrons. The van der Waals surface area contributed by atoms with Gasteiger partial charge in [-0.25, -0.2) is 0 Å². The van der Waals surface area contributed by atoms with Gasteiger partial charge >= 0.3 is 5.97 Å². The molecule has 1 saturated heterocycles. The highest BCUT2D eigenvalue weighted by Crippen LogP contribution is 2.11. The summed E-state index contributed by atoms with van der Waals surface area (Å²) in [6, 6.07) is 0. The van der Waals surface area contributed by atoms with Crippen LogP contribution in [0.3, 0.4) is 0 Å². The molecule has 1 aromatic rings. The van der Waals surface area contributed by atoms with Gasteiger partial charge in [-0.15, -0.1) is 0 Å². The molecule has 3 N–H and O–H groups in total. The van der Waals surface area contributed by atoms with Crippen molar-refractivity contribution in [1.82, 2.24) is 20.0 Å². The average Bonchev–Trinajstić information content (AvgIpc) is 2.62. The number of anilines is 1. The maximum atomic E-state index is 12.1. The van der Waals surface area contributed by atoms with E-state index >= 15 is 0 Å². The highest BCUT2D eigenvalue weighted by Gasteiger charge is 2.24. The van der Waals surface area contributed by atoms with Crippen LogP contribution in [-0.2, 0) is 16.6 Å². The Hall–Kier alpha value is -1.93. The normalized spacial score (nSPS) is 20.0. The lowest BCUT2D eigenvalue weighted by molar-refractivity contribution is -0.142.